The third-order valence-corrected chi connectivity index (χ3v) is 17.4. The molecule has 3 N–H and O–H groups in total. The molecule has 59 heavy (non-hydrogen) atoms. The fraction of sp³-hybridized carbons (Fsp3) is 0.390. The fourth-order valence-corrected chi connectivity index (χ4v) is 9.69. The Morgan fingerprint density at radius 3 is 2.12 bits per heavy atom. The average Bonchev–Trinajstić information content (AvgIpc) is 3.85. The second-order valence-electron chi connectivity index (χ2n) is 15.8. The van der Waals surface area contributed by atoms with Crippen LogP contribution in [0.15, 0.2) is 107 Å². The lowest BCUT2D eigenvalue weighted by Gasteiger charge is -2.41. The van der Waals surface area contributed by atoms with Crippen LogP contribution in [0.1, 0.15) is 73.6 Å². The number of anilines is 1. The van der Waals surface area contributed by atoms with Crippen LogP contribution in [-0.4, -0.2) is 61.9 Å². The number of alkyl halides is 6. The van der Waals surface area contributed by atoms with Crippen LogP contribution < -0.4 is 10.0 Å². The van der Waals surface area contributed by atoms with Gasteiger partial charge in [-0.15, -0.1) is 11.8 Å². The van der Waals surface area contributed by atoms with Gasteiger partial charge in [-0.05, 0) is 96.5 Å². The molecule has 2 aliphatic rings. The zero-order valence-electron chi connectivity index (χ0n) is 32.9. The number of aromatic nitrogens is 1. The zero-order chi connectivity index (χ0) is 43.4. The van der Waals surface area contributed by atoms with Gasteiger partial charge in [-0.25, -0.2) is 13.2 Å². The van der Waals surface area contributed by atoms with Crippen LogP contribution in [0.25, 0.3) is 0 Å². The van der Waals surface area contributed by atoms with Gasteiger partial charge in [-0.1, -0.05) is 63.2 Å². The molecular weight excluding hydrogens is 835 g/mol. The van der Waals surface area contributed by atoms with Crippen molar-refractivity contribution in [2.75, 3.05) is 10.5 Å². The number of hydrogen-bond acceptors (Lipinski definition) is 8. The number of halogens is 6. The third-order valence-electron chi connectivity index (χ3n) is 10.5. The van der Waals surface area contributed by atoms with Crippen LogP contribution in [-0.2, 0) is 31.8 Å². The number of pyridine rings is 1. The molecule has 0 saturated carbocycles. The van der Waals surface area contributed by atoms with Crippen LogP contribution in [0.2, 0.25) is 18.1 Å². The van der Waals surface area contributed by atoms with Gasteiger partial charge in [0.15, 0.2) is 8.32 Å². The van der Waals surface area contributed by atoms with Crippen LogP contribution >= 0.6 is 11.8 Å². The standard InChI is InChI=1S/C39H45F3N4O3S2Si.C2HF3O2/c1-38(2,3)52(4,5)49-36(29-7-6-22-43-24-29)34-21-18-32(44-34)23-26-8-16-31(17-9-26)46-51(47,48)33-19-12-28(13-20-33)37-45-35(25-50-37)27-10-14-30(15-11-27)39(40,41)42;3-2(4,5)1(6)7/h6-17,19-20,22,24,32,34-36,44,46H,18,21,23,25H2,1-5H3;(H,6,7)/t32-,34-,35?,36-;/m1./s1. The first-order chi connectivity index (χ1) is 27.4. The van der Waals surface area contributed by atoms with E-state index < -0.39 is 42.2 Å². The molecule has 1 fully saturated rings. The Morgan fingerprint density at radius 2 is 1.58 bits per heavy atom. The predicted octanol–water partition coefficient (Wildman–Crippen LogP) is 10.2. The van der Waals surface area contributed by atoms with Crippen LogP contribution in [0.3, 0.4) is 0 Å². The molecule has 6 rings (SSSR count). The molecule has 1 aromatic heterocycles. The maximum absolute atomic E-state index is 13.3. The molecule has 9 nitrogen and oxygen atoms in total. The second kappa shape index (κ2) is 18.2. The molecule has 0 radical (unpaired) electrons. The van der Waals surface area contributed by atoms with Crippen molar-refractivity contribution in [3.63, 3.8) is 0 Å². The highest BCUT2D eigenvalue weighted by atomic mass is 32.2. The molecule has 4 atom stereocenters. The summed E-state index contributed by atoms with van der Waals surface area (Å²) in [6.45, 7) is 11.3. The summed E-state index contributed by atoms with van der Waals surface area (Å²) in [4.78, 5) is 18.1. The van der Waals surface area contributed by atoms with Gasteiger partial charge in [0.1, 0.15) is 0 Å². The molecule has 4 aromatic rings. The summed E-state index contributed by atoms with van der Waals surface area (Å²) >= 11 is 1.49. The van der Waals surface area contributed by atoms with Gasteiger partial charge in [-0.3, -0.25) is 14.7 Å². The Balaban J connectivity index is 0.000000867. The molecule has 0 amide bonds. The number of aliphatic carboxylic acids is 1. The van der Waals surface area contributed by atoms with Crippen molar-refractivity contribution in [2.45, 2.75) is 99.6 Å². The van der Waals surface area contributed by atoms with Gasteiger partial charge in [0.2, 0.25) is 0 Å². The van der Waals surface area contributed by atoms with Crippen molar-refractivity contribution in [1.82, 2.24) is 10.3 Å². The molecule has 3 heterocycles. The first-order valence-electron chi connectivity index (χ1n) is 18.7. The minimum Gasteiger partial charge on any atom is -0.475 e. The Kier molecular flexibility index (Phi) is 14.1. The number of aliphatic imine (C=N–C) groups is 1. The van der Waals surface area contributed by atoms with Gasteiger partial charge in [0.05, 0.1) is 27.6 Å². The van der Waals surface area contributed by atoms with Gasteiger partial charge < -0.3 is 14.8 Å². The minimum absolute atomic E-state index is 0.0788. The average molecular weight is 881 g/mol. The van der Waals surface area contributed by atoms with E-state index in [0.717, 1.165) is 53.1 Å². The van der Waals surface area contributed by atoms with E-state index >= 15 is 0 Å². The van der Waals surface area contributed by atoms with E-state index in [4.69, 9.17) is 19.3 Å². The summed E-state index contributed by atoms with van der Waals surface area (Å²) in [7, 11) is -5.90. The number of hydrogen-bond donors (Lipinski definition) is 3. The number of carboxylic acid groups (broad SMARTS) is 1. The molecule has 2 aliphatic heterocycles. The van der Waals surface area contributed by atoms with Crippen LogP contribution in [0.5, 0.6) is 0 Å². The van der Waals surface area contributed by atoms with Crippen molar-refractivity contribution < 1.29 is 49.1 Å². The van der Waals surface area contributed by atoms with Crippen molar-refractivity contribution in [1.29, 1.82) is 0 Å². The fourth-order valence-electron chi connectivity index (χ4n) is 6.25. The highest BCUT2D eigenvalue weighted by Crippen LogP contribution is 2.42. The molecular formula is C41H46F6N4O5S2Si. The topological polar surface area (TPSA) is 130 Å². The van der Waals surface area contributed by atoms with Crippen LogP contribution in [0.4, 0.5) is 32.0 Å². The van der Waals surface area contributed by atoms with Crippen molar-refractivity contribution in [3.05, 3.63) is 125 Å². The Morgan fingerprint density at radius 1 is 0.949 bits per heavy atom. The molecule has 0 spiro atoms. The molecule has 1 saturated heterocycles. The lowest BCUT2D eigenvalue weighted by Crippen LogP contribution is -2.46. The summed E-state index contributed by atoms with van der Waals surface area (Å²) in [6.07, 6.45) is -3.05. The van der Waals surface area contributed by atoms with Gasteiger partial charge in [0, 0.05) is 41.5 Å². The number of thioether (sulfide) groups is 1. The van der Waals surface area contributed by atoms with E-state index in [1.807, 2.05) is 24.4 Å². The lowest BCUT2D eigenvalue weighted by atomic mass is 10.0. The molecule has 0 bridgehead atoms. The van der Waals surface area contributed by atoms with E-state index in [2.05, 4.69) is 55.0 Å². The van der Waals surface area contributed by atoms with Crippen LogP contribution in [0, 0.1) is 0 Å². The molecule has 3 aromatic carbocycles. The number of rotatable bonds is 11. The lowest BCUT2D eigenvalue weighted by molar-refractivity contribution is -0.192. The normalized spacial score (nSPS) is 19.4. The number of sulfonamides is 1. The molecule has 0 aliphatic carbocycles. The molecule has 1 unspecified atom stereocenters. The Bertz CT molecular complexity index is 2180. The summed E-state index contributed by atoms with van der Waals surface area (Å²) in [5, 5.41) is 11.8. The minimum atomic E-state index is -5.08. The molecule has 318 valence electrons. The summed E-state index contributed by atoms with van der Waals surface area (Å²) in [6, 6.07) is 23.3. The number of nitrogens with one attached hydrogen (secondary N) is 2. The van der Waals surface area contributed by atoms with Crippen molar-refractivity contribution in [3.8, 4) is 0 Å². The summed E-state index contributed by atoms with van der Waals surface area (Å²) in [5.74, 6) is -2.17. The number of carbonyl (C=O) groups is 1. The van der Waals surface area contributed by atoms with Gasteiger partial charge in [-0.2, -0.15) is 26.3 Å². The van der Waals surface area contributed by atoms with E-state index in [9.17, 15) is 34.8 Å². The maximum Gasteiger partial charge on any atom is 0.490 e. The Hall–Kier alpha value is -4.23. The first-order valence-corrected chi connectivity index (χ1v) is 24.0. The van der Waals surface area contributed by atoms with Crippen molar-refractivity contribution >= 4 is 46.8 Å². The number of nitrogens with zero attached hydrogens (tertiary/aromatic N) is 2. The van der Waals surface area contributed by atoms with E-state index in [-0.39, 0.29) is 34.2 Å². The highest BCUT2D eigenvalue weighted by Gasteiger charge is 2.43. The molecule has 18 heteroatoms. The maximum atomic E-state index is 13.3. The predicted molar refractivity (Wildman–Crippen MR) is 219 cm³/mol. The highest BCUT2D eigenvalue weighted by molar-refractivity contribution is 8.14. The SMILES string of the molecule is CC(C)(C)[Si](C)(C)O[C@H](c1cccnc1)[C@H]1CC[C@H](Cc2ccc(NS(=O)(=O)c3ccc(C4=NC(c5ccc(C(F)(F)F)cc5)CS4)cc3)cc2)N1.O=C(O)C(F)(F)F. The monoisotopic (exact) mass is 880 g/mol. The van der Waals surface area contributed by atoms with Gasteiger partial charge in [0.25, 0.3) is 10.0 Å². The quantitative estimate of drug-likeness (QED) is 0.100. The smallest absolute Gasteiger partial charge is 0.475 e. The summed E-state index contributed by atoms with van der Waals surface area (Å²) in [5.41, 5.74) is 3.44. The Labute approximate surface area is 345 Å². The van der Waals surface area contributed by atoms with E-state index in [1.54, 1.807) is 30.5 Å². The number of carboxylic acids is 1. The van der Waals surface area contributed by atoms with E-state index in [0.29, 0.717) is 17.0 Å². The van der Waals surface area contributed by atoms with Crippen molar-refractivity contribution in [2.24, 2.45) is 4.99 Å². The largest absolute Gasteiger partial charge is 0.490 e. The van der Waals surface area contributed by atoms with Gasteiger partial charge >= 0.3 is 18.3 Å². The first kappa shape index (κ1) is 45.8. The number of benzene rings is 3. The second-order valence-corrected chi connectivity index (χ2v) is 23.3. The zero-order valence-corrected chi connectivity index (χ0v) is 35.6. The van der Waals surface area contributed by atoms with E-state index in [1.165, 1.54) is 36.0 Å². The summed E-state index contributed by atoms with van der Waals surface area (Å²) < 4.78 is 107. The third kappa shape index (κ3) is 12.2.